The highest BCUT2D eigenvalue weighted by atomic mass is 16.2. The molecule has 6 heteroatoms. The van der Waals surface area contributed by atoms with Gasteiger partial charge in [0.15, 0.2) is 11.2 Å². The van der Waals surface area contributed by atoms with Crippen molar-refractivity contribution in [2.45, 2.75) is 52.6 Å². The summed E-state index contributed by atoms with van der Waals surface area (Å²) in [5.41, 5.74) is 0.516. The van der Waals surface area contributed by atoms with Gasteiger partial charge in [-0.05, 0) is 12.8 Å². The Bertz CT molecular complexity index is 708. The summed E-state index contributed by atoms with van der Waals surface area (Å²) in [7, 11) is 1.67. The Balaban J connectivity index is 2.64. The lowest BCUT2D eigenvalue weighted by Crippen LogP contribution is -2.39. The highest BCUT2D eigenvalue weighted by molar-refractivity contribution is 5.69. The molecule has 0 saturated heterocycles. The minimum atomic E-state index is -0.281. The molecule has 2 heterocycles. The molecule has 20 heavy (non-hydrogen) atoms. The lowest BCUT2D eigenvalue weighted by molar-refractivity contribution is 0.562. The first-order valence-corrected chi connectivity index (χ1v) is 7.26. The number of imidazole rings is 1. The van der Waals surface area contributed by atoms with Crippen molar-refractivity contribution in [1.29, 1.82) is 0 Å². The monoisotopic (exact) mass is 278 g/mol. The van der Waals surface area contributed by atoms with Gasteiger partial charge in [-0.15, -0.1) is 0 Å². The van der Waals surface area contributed by atoms with Crippen LogP contribution in [0.1, 0.15) is 39.5 Å². The molecule has 0 aromatic carbocycles. The normalized spacial score (nSPS) is 11.3. The molecular formula is C14H22N4O2. The van der Waals surface area contributed by atoms with Crippen LogP contribution in [0.25, 0.3) is 11.2 Å². The van der Waals surface area contributed by atoms with Crippen LogP contribution >= 0.6 is 0 Å². The van der Waals surface area contributed by atoms with Crippen LogP contribution in [0.15, 0.2) is 15.9 Å². The number of aryl methyl sites for hydroxylation is 2. The van der Waals surface area contributed by atoms with E-state index < -0.39 is 0 Å². The molecule has 0 aliphatic heterocycles. The molecular weight excluding hydrogens is 256 g/mol. The number of hydrogen-bond donors (Lipinski definition) is 0. The first-order valence-electron chi connectivity index (χ1n) is 7.26. The van der Waals surface area contributed by atoms with Gasteiger partial charge >= 0.3 is 5.69 Å². The molecule has 0 N–H and O–H groups in total. The van der Waals surface area contributed by atoms with Crippen molar-refractivity contribution >= 4 is 11.2 Å². The second kappa shape index (κ2) is 6.07. The molecule has 0 aliphatic carbocycles. The molecule has 0 bridgehead atoms. The van der Waals surface area contributed by atoms with Crippen molar-refractivity contribution in [2.75, 3.05) is 0 Å². The molecule has 2 aromatic rings. The summed E-state index contributed by atoms with van der Waals surface area (Å²) in [4.78, 5) is 29.0. The van der Waals surface area contributed by atoms with Crippen LogP contribution in [0, 0.1) is 0 Å². The Morgan fingerprint density at radius 2 is 1.75 bits per heavy atom. The third-order valence-corrected chi connectivity index (χ3v) is 3.59. The molecule has 0 amide bonds. The molecule has 0 atom stereocenters. The van der Waals surface area contributed by atoms with Crippen LogP contribution in [0.5, 0.6) is 0 Å². The van der Waals surface area contributed by atoms with Crippen molar-refractivity contribution < 1.29 is 0 Å². The van der Waals surface area contributed by atoms with Crippen molar-refractivity contribution in [3.63, 3.8) is 0 Å². The third-order valence-electron chi connectivity index (χ3n) is 3.59. The second-order valence-corrected chi connectivity index (χ2v) is 5.12. The van der Waals surface area contributed by atoms with Gasteiger partial charge in [0, 0.05) is 20.1 Å². The average molecular weight is 278 g/mol. The summed E-state index contributed by atoms with van der Waals surface area (Å²) in [6, 6.07) is 0. The van der Waals surface area contributed by atoms with Crippen molar-refractivity contribution in [3.05, 3.63) is 27.2 Å². The topological polar surface area (TPSA) is 61.8 Å². The van der Waals surface area contributed by atoms with Gasteiger partial charge in [-0.2, -0.15) is 0 Å². The van der Waals surface area contributed by atoms with Crippen molar-refractivity contribution in [1.82, 2.24) is 18.7 Å². The molecule has 0 spiro atoms. The number of hydrogen-bond acceptors (Lipinski definition) is 3. The van der Waals surface area contributed by atoms with E-state index in [1.165, 1.54) is 9.13 Å². The highest BCUT2D eigenvalue weighted by Gasteiger charge is 2.15. The van der Waals surface area contributed by atoms with Crippen LogP contribution in [0.2, 0.25) is 0 Å². The molecule has 6 nitrogen and oxygen atoms in total. The third kappa shape index (κ3) is 2.42. The minimum Gasteiger partial charge on any atom is -0.325 e. The fourth-order valence-corrected chi connectivity index (χ4v) is 2.33. The van der Waals surface area contributed by atoms with E-state index in [0.717, 1.165) is 32.2 Å². The van der Waals surface area contributed by atoms with Gasteiger partial charge in [-0.3, -0.25) is 13.9 Å². The molecule has 0 radical (unpaired) electrons. The zero-order chi connectivity index (χ0) is 14.7. The van der Waals surface area contributed by atoms with Gasteiger partial charge in [0.05, 0.1) is 6.33 Å². The smallest absolute Gasteiger partial charge is 0.325 e. The Hall–Kier alpha value is -1.85. The van der Waals surface area contributed by atoms with E-state index in [1.54, 1.807) is 13.4 Å². The fraction of sp³-hybridized carbons (Fsp3) is 0.643. The Morgan fingerprint density at radius 1 is 1.10 bits per heavy atom. The average Bonchev–Trinajstić information content (AvgIpc) is 2.87. The van der Waals surface area contributed by atoms with Gasteiger partial charge in [-0.25, -0.2) is 9.78 Å². The summed E-state index contributed by atoms with van der Waals surface area (Å²) in [5.74, 6) is 0. The van der Waals surface area contributed by atoms with E-state index in [4.69, 9.17) is 0 Å². The lowest BCUT2D eigenvalue weighted by Gasteiger charge is -2.09. The number of rotatable bonds is 6. The van der Waals surface area contributed by atoms with Crippen molar-refractivity contribution in [3.8, 4) is 0 Å². The largest absolute Gasteiger partial charge is 0.332 e. The quantitative estimate of drug-likeness (QED) is 0.804. The Kier molecular flexibility index (Phi) is 4.42. The summed E-state index contributed by atoms with van der Waals surface area (Å²) in [5, 5.41) is 0. The summed E-state index contributed by atoms with van der Waals surface area (Å²) < 4.78 is 4.66. The van der Waals surface area contributed by atoms with E-state index >= 15 is 0 Å². The molecule has 0 saturated carbocycles. The summed E-state index contributed by atoms with van der Waals surface area (Å²) >= 11 is 0. The van der Waals surface area contributed by atoms with Gasteiger partial charge in [0.2, 0.25) is 0 Å². The fourth-order valence-electron chi connectivity index (χ4n) is 2.33. The molecule has 0 aliphatic rings. The molecule has 2 rings (SSSR count). The zero-order valence-corrected chi connectivity index (χ0v) is 12.4. The van der Waals surface area contributed by atoms with Crippen LogP contribution < -0.4 is 11.2 Å². The molecule has 2 aromatic heterocycles. The Morgan fingerprint density at radius 3 is 2.40 bits per heavy atom. The van der Waals surface area contributed by atoms with Gasteiger partial charge < -0.3 is 4.57 Å². The summed E-state index contributed by atoms with van der Waals surface area (Å²) in [6.45, 7) is 5.37. The first kappa shape index (κ1) is 14.6. The van der Waals surface area contributed by atoms with Gasteiger partial charge in [0.1, 0.15) is 0 Å². The second-order valence-electron chi connectivity index (χ2n) is 5.12. The van der Waals surface area contributed by atoms with E-state index in [0.29, 0.717) is 17.7 Å². The lowest BCUT2D eigenvalue weighted by atomic mass is 10.3. The predicted molar refractivity (Wildman–Crippen MR) is 79.1 cm³/mol. The first-order chi connectivity index (χ1) is 9.61. The molecule has 0 fully saturated rings. The van der Waals surface area contributed by atoms with E-state index in [1.807, 2.05) is 11.5 Å². The van der Waals surface area contributed by atoms with E-state index in [9.17, 15) is 9.59 Å². The maximum atomic E-state index is 12.5. The maximum absolute atomic E-state index is 12.5. The van der Waals surface area contributed by atoms with Gasteiger partial charge in [-0.1, -0.05) is 26.7 Å². The number of unbranched alkanes of at least 4 members (excludes halogenated alkanes) is 2. The minimum absolute atomic E-state index is 0.217. The molecule has 0 unspecified atom stereocenters. The van der Waals surface area contributed by atoms with Crippen molar-refractivity contribution in [2.24, 2.45) is 7.05 Å². The van der Waals surface area contributed by atoms with E-state index in [-0.39, 0.29) is 11.2 Å². The van der Waals surface area contributed by atoms with Crippen LogP contribution in [0.4, 0.5) is 0 Å². The molecule has 110 valence electrons. The van der Waals surface area contributed by atoms with Crippen LogP contribution in [-0.4, -0.2) is 18.7 Å². The highest BCUT2D eigenvalue weighted by Crippen LogP contribution is 2.07. The standard InChI is InChI=1S/C14H22N4O2/c1-4-6-8-17-10-15-12-11(17)13(19)18(9-7-5-2)14(20)16(12)3/h10H,4-9H2,1-3H3. The maximum Gasteiger partial charge on any atom is 0.332 e. The Labute approximate surface area is 117 Å². The number of nitrogens with zero attached hydrogens (tertiary/aromatic N) is 4. The SMILES string of the molecule is CCCCn1c(=O)c2c(ncn2CCCC)n(C)c1=O. The van der Waals surface area contributed by atoms with Crippen LogP contribution in [-0.2, 0) is 20.1 Å². The predicted octanol–water partition coefficient (Wildman–Crippen LogP) is 1.50. The van der Waals surface area contributed by atoms with Crippen LogP contribution in [0.3, 0.4) is 0 Å². The number of aromatic nitrogens is 4. The van der Waals surface area contributed by atoms with E-state index in [2.05, 4.69) is 11.9 Å². The number of fused-ring (bicyclic) bond motifs is 1. The summed E-state index contributed by atoms with van der Waals surface area (Å²) in [6.07, 6.45) is 5.47. The van der Waals surface area contributed by atoms with Gasteiger partial charge in [0.25, 0.3) is 5.56 Å². The zero-order valence-electron chi connectivity index (χ0n) is 12.4.